The van der Waals surface area contributed by atoms with Crippen molar-refractivity contribution in [2.75, 3.05) is 0 Å². The van der Waals surface area contributed by atoms with E-state index in [1.807, 2.05) is 0 Å². The summed E-state index contributed by atoms with van der Waals surface area (Å²) in [5.74, 6) is 0.0726. The molecule has 0 saturated carbocycles. The quantitative estimate of drug-likeness (QED) is 0.286. The molecule has 7 heteroatoms. The van der Waals surface area contributed by atoms with E-state index in [9.17, 15) is 4.79 Å². The maximum absolute atomic E-state index is 9.97. The van der Waals surface area contributed by atoms with E-state index in [-0.39, 0.29) is 5.95 Å². The van der Waals surface area contributed by atoms with Crippen molar-refractivity contribution in [2.45, 2.75) is 13.0 Å². The van der Waals surface area contributed by atoms with Crippen molar-refractivity contribution in [1.29, 1.82) is 0 Å². The Kier molecular flexibility index (Phi) is 2.80. The van der Waals surface area contributed by atoms with Crippen molar-refractivity contribution in [3.63, 3.8) is 0 Å². The summed E-state index contributed by atoms with van der Waals surface area (Å²) >= 11 is 0. The summed E-state index contributed by atoms with van der Waals surface area (Å²) in [6, 6.07) is 0. The standard InChI is InChI=1S/C5H6N6O/c6-10-8-5-7-4-11(9-5)2-1-3-12/h3-4H,1-2H2. The molecule has 0 N–H and O–H groups in total. The summed E-state index contributed by atoms with van der Waals surface area (Å²) < 4.78 is 1.44. The summed E-state index contributed by atoms with van der Waals surface area (Å²) in [6.07, 6.45) is 2.57. The average Bonchev–Trinajstić information content (AvgIpc) is 2.50. The molecule has 1 aromatic rings. The number of nitrogens with zero attached hydrogens (tertiary/aromatic N) is 6. The Balaban J connectivity index is 2.63. The molecule has 0 aliphatic rings. The predicted octanol–water partition coefficient (Wildman–Crippen LogP) is 0.809. The molecule has 0 aliphatic carbocycles. The van der Waals surface area contributed by atoms with Gasteiger partial charge in [-0.3, -0.25) is 4.68 Å². The van der Waals surface area contributed by atoms with Gasteiger partial charge in [-0.1, -0.05) is 0 Å². The van der Waals surface area contributed by atoms with E-state index in [0.717, 1.165) is 6.29 Å². The van der Waals surface area contributed by atoms with Gasteiger partial charge in [0.1, 0.15) is 12.6 Å². The summed E-state index contributed by atoms with van der Waals surface area (Å²) in [5.41, 5.74) is 8.02. The van der Waals surface area contributed by atoms with E-state index in [4.69, 9.17) is 5.53 Å². The van der Waals surface area contributed by atoms with Crippen LogP contribution in [0, 0.1) is 0 Å². The summed E-state index contributed by atoms with van der Waals surface area (Å²) in [7, 11) is 0. The van der Waals surface area contributed by atoms with Gasteiger partial charge in [-0.2, -0.15) is 0 Å². The van der Waals surface area contributed by atoms with Gasteiger partial charge in [-0.25, -0.2) is 4.98 Å². The Bertz CT molecular complexity index is 311. The summed E-state index contributed by atoms with van der Waals surface area (Å²) in [5, 5.41) is 6.95. The van der Waals surface area contributed by atoms with Crippen molar-refractivity contribution in [3.8, 4) is 0 Å². The second-order valence-corrected chi connectivity index (χ2v) is 1.95. The van der Waals surface area contributed by atoms with Crippen LogP contribution in [0.15, 0.2) is 11.4 Å². The van der Waals surface area contributed by atoms with Crippen LogP contribution in [0.4, 0.5) is 5.95 Å². The molecular formula is C5H6N6O. The molecule has 0 aliphatic heterocycles. The van der Waals surface area contributed by atoms with Gasteiger partial charge in [-0.05, 0) is 10.6 Å². The van der Waals surface area contributed by atoms with E-state index in [2.05, 4.69) is 20.1 Å². The Morgan fingerprint density at radius 3 is 3.33 bits per heavy atom. The fourth-order valence-corrected chi connectivity index (χ4v) is 0.663. The van der Waals surface area contributed by atoms with E-state index >= 15 is 0 Å². The Hall–Kier alpha value is -1.88. The van der Waals surface area contributed by atoms with Gasteiger partial charge in [-0.15, -0.1) is 5.10 Å². The SMILES string of the molecule is [N-]=[N+]=Nc1ncn(CCC=O)n1. The van der Waals surface area contributed by atoms with Crippen LogP contribution in [0.25, 0.3) is 10.4 Å². The number of hydrogen-bond donors (Lipinski definition) is 0. The van der Waals surface area contributed by atoms with Crippen molar-refractivity contribution < 1.29 is 4.79 Å². The van der Waals surface area contributed by atoms with E-state index in [1.54, 1.807) is 0 Å². The fourth-order valence-electron chi connectivity index (χ4n) is 0.663. The van der Waals surface area contributed by atoms with Gasteiger partial charge in [0.25, 0.3) is 0 Å². The third kappa shape index (κ3) is 2.06. The highest BCUT2D eigenvalue weighted by Gasteiger charge is 1.95. The molecule has 0 spiro atoms. The molecule has 12 heavy (non-hydrogen) atoms. The number of aldehydes is 1. The van der Waals surface area contributed by atoms with Gasteiger partial charge < -0.3 is 4.79 Å². The second kappa shape index (κ2) is 4.09. The molecule has 0 saturated heterocycles. The van der Waals surface area contributed by atoms with Gasteiger partial charge in [0.15, 0.2) is 0 Å². The number of hydrogen-bond acceptors (Lipinski definition) is 4. The minimum Gasteiger partial charge on any atom is -0.303 e. The molecule has 0 aromatic carbocycles. The molecule has 0 fully saturated rings. The first kappa shape index (κ1) is 8.22. The molecule has 62 valence electrons. The summed E-state index contributed by atoms with van der Waals surface area (Å²) in [4.78, 5) is 16.2. The monoisotopic (exact) mass is 166 g/mol. The van der Waals surface area contributed by atoms with E-state index in [0.29, 0.717) is 13.0 Å². The zero-order valence-corrected chi connectivity index (χ0v) is 6.16. The summed E-state index contributed by atoms with van der Waals surface area (Å²) in [6.45, 7) is 0.456. The Morgan fingerprint density at radius 2 is 2.67 bits per heavy atom. The normalized spacial score (nSPS) is 9.00. The molecule has 1 rings (SSSR count). The lowest BCUT2D eigenvalue weighted by Gasteiger charge is -1.91. The van der Waals surface area contributed by atoms with Gasteiger partial charge in [0.2, 0.25) is 5.95 Å². The smallest absolute Gasteiger partial charge is 0.237 e. The number of aryl methyl sites for hydroxylation is 1. The zero-order valence-electron chi connectivity index (χ0n) is 6.16. The van der Waals surface area contributed by atoms with Crippen molar-refractivity contribution in [2.24, 2.45) is 5.11 Å². The van der Waals surface area contributed by atoms with Crippen LogP contribution in [-0.4, -0.2) is 21.1 Å². The van der Waals surface area contributed by atoms with Gasteiger partial charge in [0, 0.05) is 17.9 Å². The number of carbonyl (C=O) groups excluding carboxylic acids is 1. The molecule has 0 atom stereocenters. The maximum atomic E-state index is 9.97. The first-order valence-electron chi connectivity index (χ1n) is 3.25. The molecule has 0 unspecified atom stereocenters. The lowest BCUT2D eigenvalue weighted by atomic mass is 10.5. The molecule has 1 heterocycles. The van der Waals surface area contributed by atoms with Crippen LogP contribution in [0.1, 0.15) is 6.42 Å². The van der Waals surface area contributed by atoms with Crippen molar-refractivity contribution in [3.05, 3.63) is 16.8 Å². The lowest BCUT2D eigenvalue weighted by Crippen LogP contribution is -1.98. The average molecular weight is 166 g/mol. The topological polar surface area (TPSA) is 96.5 Å². The number of aromatic nitrogens is 3. The highest BCUT2D eigenvalue weighted by atomic mass is 16.1. The molecular weight excluding hydrogens is 160 g/mol. The molecule has 0 radical (unpaired) electrons. The van der Waals surface area contributed by atoms with E-state index < -0.39 is 0 Å². The van der Waals surface area contributed by atoms with Crippen LogP contribution < -0.4 is 0 Å². The maximum Gasteiger partial charge on any atom is 0.237 e. The highest BCUT2D eigenvalue weighted by Crippen LogP contribution is 2.00. The predicted molar refractivity (Wildman–Crippen MR) is 39.5 cm³/mol. The third-order valence-corrected chi connectivity index (χ3v) is 1.13. The van der Waals surface area contributed by atoms with Crippen LogP contribution in [0.2, 0.25) is 0 Å². The van der Waals surface area contributed by atoms with Crippen LogP contribution in [-0.2, 0) is 11.3 Å². The van der Waals surface area contributed by atoms with Crippen molar-refractivity contribution >= 4 is 12.2 Å². The Labute approximate surface area is 67.6 Å². The van der Waals surface area contributed by atoms with Crippen LogP contribution >= 0.6 is 0 Å². The van der Waals surface area contributed by atoms with Gasteiger partial charge in [0.05, 0.1) is 0 Å². The molecule has 0 amide bonds. The number of carbonyl (C=O) groups is 1. The zero-order chi connectivity index (χ0) is 8.81. The highest BCUT2D eigenvalue weighted by molar-refractivity contribution is 5.48. The minimum absolute atomic E-state index is 0.0726. The molecule has 0 bridgehead atoms. The first-order chi connectivity index (χ1) is 5.86. The first-order valence-corrected chi connectivity index (χ1v) is 3.25. The Morgan fingerprint density at radius 1 is 1.83 bits per heavy atom. The van der Waals surface area contributed by atoms with E-state index in [1.165, 1.54) is 11.0 Å². The fraction of sp³-hybridized carbons (Fsp3) is 0.400. The minimum atomic E-state index is 0.0726. The molecule has 7 nitrogen and oxygen atoms in total. The van der Waals surface area contributed by atoms with Crippen LogP contribution in [0.3, 0.4) is 0 Å². The van der Waals surface area contributed by atoms with Gasteiger partial charge >= 0.3 is 0 Å². The third-order valence-electron chi connectivity index (χ3n) is 1.13. The second-order valence-electron chi connectivity index (χ2n) is 1.95. The largest absolute Gasteiger partial charge is 0.303 e. The lowest BCUT2D eigenvalue weighted by molar-refractivity contribution is -0.108. The van der Waals surface area contributed by atoms with Crippen LogP contribution in [0.5, 0.6) is 0 Å². The number of rotatable bonds is 4. The van der Waals surface area contributed by atoms with Crippen molar-refractivity contribution in [1.82, 2.24) is 14.8 Å². The molecule has 1 aromatic heterocycles. The number of azide groups is 1.